The van der Waals surface area contributed by atoms with Crippen molar-refractivity contribution in [1.29, 1.82) is 0 Å². The zero-order valence-corrected chi connectivity index (χ0v) is 10.9. The average molecular weight is 291 g/mol. The van der Waals surface area contributed by atoms with Crippen molar-refractivity contribution in [2.45, 2.75) is 12.7 Å². The Morgan fingerprint density at radius 2 is 1.81 bits per heavy atom. The number of fused-ring (bicyclic) bond motifs is 1. The van der Waals surface area contributed by atoms with Gasteiger partial charge < -0.3 is 5.32 Å². The van der Waals surface area contributed by atoms with E-state index in [2.05, 4.69) is 15.5 Å². The standard InChI is InChI=1S/C15H12F3N3/c16-15(17,18)12-4-1-10(2-5-12)8-19-13-6-3-11-9-20-21-14(11)7-13/h1-7,9,19H,8H2,(H,20,21). The van der Waals surface area contributed by atoms with E-state index in [-0.39, 0.29) is 0 Å². The molecule has 0 radical (unpaired) electrons. The maximum absolute atomic E-state index is 12.5. The molecular weight excluding hydrogens is 279 g/mol. The van der Waals surface area contributed by atoms with Gasteiger partial charge in [-0.3, -0.25) is 5.10 Å². The molecule has 2 aromatic carbocycles. The summed E-state index contributed by atoms with van der Waals surface area (Å²) in [6, 6.07) is 10.9. The minimum atomic E-state index is -4.29. The fourth-order valence-electron chi connectivity index (χ4n) is 2.06. The van der Waals surface area contributed by atoms with Gasteiger partial charge in [0, 0.05) is 17.6 Å². The third-order valence-electron chi connectivity index (χ3n) is 3.22. The van der Waals surface area contributed by atoms with Crippen molar-refractivity contribution < 1.29 is 13.2 Å². The second-order valence-electron chi connectivity index (χ2n) is 4.72. The minimum absolute atomic E-state index is 0.456. The van der Waals surface area contributed by atoms with Gasteiger partial charge in [0.1, 0.15) is 0 Å². The van der Waals surface area contributed by atoms with Gasteiger partial charge in [0.25, 0.3) is 0 Å². The average Bonchev–Trinajstić information content (AvgIpc) is 2.92. The Morgan fingerprint density at radius 1 is 1.05 bits per heavy atom. The lowest BCUT2D eigenvalue weighted by atomic mass is 10.1. The molecule has 0 aliphatic heterocycles. The van der Waals surface area contributed by atoms with Gasteiger partial charge in [-0.05, 0) is 35.9 Å². The van der Waals surface area contributed by atoms with E-state index in [1.54, 1.807) is 6.20 Å². The summed E-state index contributed by atoms with van der Waals surface area (Å²) in [6.45, 7) is 0.456. The fourth-order valence-corrected chi connectivity index (χ4v) is 2.06. The van der Waals surface area contributed by atoms with Crippen molar-refractivity contribution in [2.75, 3.05) is 5.32 Å². The van der Waals surface area contributed by atoms with Crippen molar-refractivity contribution in [3.05, 3.63) is 59.8 Å². The summed E-state index contributed by atoms with van der Waals surface area (Å²) in [4.78, 5) is 0. The third-order valence-corrected chi connectivity index (χ3v) is 3.22. The largest absolute Gasteiger partial charge is 0.416 e. The zero-order valence-electron chi connectivity index (χ0n) is 10.9. The molecule has 0 bridgehead atoms. The number of H-pyrrole nitrogens is 1. The van der Waals surface area contributed by atoms with Crippen LogP contribution in [0.1, 0.15) is 11.1 Å². The topological polar surface area (TPSA) is 40.7 Å². The summed E-state index contributed by atoms with van der Waals surface area (Å²) in [7, 11) is 0. The molecule has 1 aromatic heterocycles. The predicted molar refractivity (Wildman–Crippen MR) is 74.9 cm³/mol. The van der Waals surface area contributed by atoms with Crippen LogP contribution in [0.3, 0.4) is 0 Å². The van der Waals surface area contributed by atoms with Crippen molar-refractivity contribution in [3.63, 3.8) is 0 Å². The molecule has 0 aliphatic rings. The van der Waals surface area contributed by atoms with Gasteiger partial charge in [-0.15, -0.1) is 0 Å². The SMILES string of the molecule is FC(F)(F)c1ccc(CNc2ccc3cn[nH]c3c2)cc1. The minimum Gasteiger partial charge on any atom is -0.381 e. The summed E-state index contributed by atoms with van der Waals surface area (Å²) in [5.74, 6) is 0. The van der Waals surface area contributed by atoms with Gasteiger partial charge in [-0.2, -0.15) is 18.3 Å². The summed E-state index contributed by atoms with van der Waals surface area (Å²) < 4.78 is 37.4. The van der Waals surface area contributed by atoms with Crippen molar-refractivity contribution in [3.8, 4) is 0 Å². The van der Waals surface area contributed by atoms with E-state index in [4.69, 9.17) is 0 Å². The Balaban J connectivity index is 1.69. The first-order valence-electron chi connectivity index (χ1n) is 6.35. The number of alkyl halides is 3. The number of halogens is 3. The summed E-state index contributed by atoms with van der Waals surface area (Å²) in [5, 5.41) is 11.0. The van der Waals surface area contributed by atoms with E-state index in [0.29, 0.717) is 6.54 Å². The van der Waals surface area contributed by atoms with Gasteiger partial charge >= 0.3 is 6.18 Å². The lowest BCUT2D eigenvalue weighted by Crippen LogP contribution is -2.05. The maximum Gasteiger partial charge on any atom is 0.416 e. The molecule has 0 saturated heterocycles. The van der Waals surface area contributed by atoms with Crippen molar-refractivity contribution >= 4 is 16.6 Å². The predicted octanol–water partition coefficient (Wildman–Crippen LogP) is 4.19. The molecular formula is C15H12F3N3. The Morgan fingerprint density at radius 3 is 2.52 bits per heavy atom. The van der Waals surface area contributed by atoms with Crippen LogP contribution in [0.5, 0.6) is 0 Å². The lowest BCUT2D eigenvalue weighted by Gasteiger charge is -2.09. The molecule has 0 atom stereocenters. The van der Waals surface area contributed by atoms with E-state index in [1.807, 2.05) is 18.2 Å². The van der Waals surface area contributed by atoms with Crippen LogP contribution in [-0.2, 0) is 12.7 Å². The summed E-state index contributed by atoms with van der Waals surface area (Å²) >= 11 is 0. The Labute approximate surface area is 118 Å². The van der Waals surface area contributed by atoms with Crippen LogP contribution in [0.2, 0.25) is 0 Å². The second-order valence-corrected chi connectivity index (χ2v) is 4.72. The van der Waals surface area contributed by atoms with E-state index >= 15 is 0 Å². The Kier molecular flexibility index (Phi) is 3.29. The highest BCUT2D eigenvalue weighted by Crippen LogP contribution is 2.29. The zero-order chi connectivity index (χ0) is 14.9. The molecule has 0 saturated carbocycles. The van der Waals surface area contributed by atoms with Crippen LogP contribution in [0.4, 0.5) is 18.9 Å². The van der Waals surface area contributed by atoms with E-state index < -0.39 is 11.7 Å². The Bertz CT molecular complexity index is 745. The van der Waals surface area contributed by atoms with E-state index in [9.17, 15) is 13.2 Å². The first-order chi connectivity index (χ1) is 10.0. The van der Waals surface area contributed by atoms with Gasteiger partial charge in [-0.1, -0.05) is 12.1 Å². The molecule has 3 aromatic rings. The smallest absolute Gasteiger partial charge is 0.381 e. The molecule has 21 heavy (non-hydrogen) atoms. The second kappa shape index (κ2) is 5.12. The van der Waals surface area contributed by atoms with E-state index in [0.717, 1.165) is 34.3 Å². The van der Waals surface area contributed by atoms with Crippen molar-refractivity contribution in [2.24, 2.45) is 0 Å². The fraction of sp³-hybridized carbons (Fsp3) is 0.133. The molecule has 1 heterocycles. The molecule has 0 spiro atoms. The van der Waals surface area contributed by atoms with Crippen LogP contribution in [0.15, 0.2) is 48.7 Å². The van der Waals surface area contributed by atoms with Gasteiger partial charge in [0.05, 0.1) is 17.3 Å². The van der Waals surface area contributed by atoms with Gasteiger partial charge in [0.15, 0.2) is 0 Å². The number of anilines is 1. The number of aromatic nitrogens is 2. The number of hydrogen-bond donors (Lipinski definition) is 2. The van der Waals surface area contributed by atoms with Crippen LogP contribution >= 0.6 is 0 Å². The van der Waals surface area contributed by atoms with Gasteiger partial charge in [0.2, 0.25) is 0 Å². The number of hydrogen-bond acceptors (Lipinski definition) is 2. The first kappa shape index (κ1) is 13.5. The molecule has 108 valence electrons. The lowest BCUT2D eigenvalue weighted by molar-refractivity contribution is -0.137. The summed E-state index contributed by atoms with van der Waals surface area (Å²) in [6.07, 6.45) is -2.56. The molecule has 2 N–H and O–H groups in total. The first-order valence-corrected chi connectivity index (χ1v) is 6.35. The van der Waals surface area contributed by atoms with Crippen LogP contribution in [0.25, 0.3) is 10.9 Å². The van der Waals surface area contributed by atoms with E-state index in [1.165, 1.54) is 12.1 Å². The Hall–Kier alpha value is -2.50. The highest BCUT2D eigenvalue weighted by atomic mass is 19.4. The molecule has 0 unspecified atom stereocenters. The molecule has 0 aliphatic carbocycles. The molecule has 3 rings (SSSR count). The number of rotatable bonds is 3. The van der Waals surface area contributed by atoms with Crippen LogP contribution in [0, 0.1) is 0 Å². The molecule has 0 amide bonds. The highest BCUT2D eigenvalue weighted by Gasteiger charge is 2.29. The quantitative estimate of drug-likeness (QED) is 0.759. The molecule has 0 fully saturated rings. The monoisotopic (exact) mass is 291 g/mol. The van der Waals surface area contributed by atoms with Crippen LogP contribution in [-0.4, -0.2) is 10.2 Å². The molecule has 3 nitrogen and oxygen atoms in total. The third kappa shape index (κ3) is 2.99. The number of nitrogens with zero attached hydrogens (tertiary/aromatic N) is 1. The van der Waals surface area contributed by atoms with Crippen molar-refractivity contribution in [1.82, 2.24) is 10.2 Å². The summed E-state index contributed by atoms with van der Waals surface area (Å²) in [5.41, 5.74) is 1.94. The maximum atomic E-state index is 12.5. The normalized spacial score (nSPS) is 11.8. The number of nitrogens with one attached hydrogen (secondary N) is 2. The molecule has 6 heteroatoms. The van der Waals surface area contributed by atoms with Gasteiger partial charge in [-0.25, -0.2) is 0 Å². The number of benzene rings is 2. The highest BCUT2D eigenvalue weighted by molar-refractivity contribution is 5.81. The van der Waals surface area contributed by atoms with Crippen LogP contribution < -0.4 is 5.32 Å². The number of aromatic amines is 1.